The predicted molar refractivity (Wildman–Crippen MR) is 97.4 cm³/mol. The number of hydrogen-bond acceptors (Lipinski definition) is 7. The zero-order valence-corrected chi connectivity index (χ0v) is 15.2. The maximum absolute atomic E-state index is 11.8. The highest BCUT2D eigenvalue weighted by atomic mass is 32.2. The smallest absolute Gasteiger partial charge is 0.175 e. The van der Waals surface area contributed by atoms with Crippen LogP contribution >= 0.6 is 0 Å². The molecule has 1 aromatic heterocycles. The zero-order chi connectivity index (χ0) is 17.9. The standard InChI is InChI=1S/C17H24N4O3S/c1-25(23,24)14-5-6-16-15(9-14)17(20-12-19-16)18-10-13(22)11-21-7-3-2-4-8-21/h5-6,9,12-13,22H,2-4,7-8,10-11H2,1H3,(H,18,19,20). The predicted octanol–water partition coefficient (Wildman–Crippen LogP) is 1.29. The normalized spacial score (nSPS) is 17.5. The molecular formula is C17H24N4O3S. The molecular weight excluding hydrogens is 340 g/mol. The van der Waals surface area contributed by atoms with Crippen LogP contribution in [0.2, 0.25) is 0 Å². The van der Waals surface area contributed by atoms with E-state index < -0.39 is 15.9 Å². The van der Waals surface area contributed by atoms with E-state index in [1.165, 1.54) is 31.8 Å². The molecule has 1 aliphatic heterocycles. The van der Waals surface area contributed by atoms with Crippen molar-refractivity contribution in [1.82, 2.24) is 14.9 Å². The number of aliphatic hydroxyl groups is 1. The van der Waals surface area contributed by atoms with Crippen LogP contribution in [0.4, 0.5) is 5.82 Å². The van der Waals surface area contributed by atoms with Gasteiger partial charge < -0.3 is 15.3 Å². The van der Waals surface area contributed by atoms with Crippen LogP contribution in [-0.4, -0.2) is 66.9 Å². The highest BCUT2D eigenvalue weighted by molar-refractivity contribution is 7.90. The highest BCUT2D eigenvalue weighted by Crippen LogP contribution is 2.23. The number of benzene rings is 1. The topological polar surface area (TPSA) is 95.4 Å². The van der Waals surface area contributed by atoms with Gasteiger partial charge in [0.15, 0.2) is 9.84 Å². The Kier molecular flexibility index (Phi) is 5.51. The van der Waals surface area contributed by atoms with Crippen molar-refractivity contribution in [2.75, 3.05) is 37.8 Å². The molecule has 3 rings (SSSR count). The molecule has 7 nitrogen and oxygen atoms in total. The van der Waals surface area contributed by atoms with Crippen LogP contribution in [0.3, 0.4) is 0 Å². The van der Waals surface area contributed by atoms with E-state index in [1.54, 1.807) is 18.2 Å². The van der Waals surface area contributed by atoms with Gasteiger partial charge in [-0.05, 0) is 44.1 Å². The number of anilines is 1. The number of nitrogens with one attached hydrogen (secondary N) is 1. The second-order valence-corrected chi connectivity index (χ2v) is 8.59. The summed E-state index contributed by atoms with van der Waals surface area (Å²) in [6.07, 6.45) is 5.73. The summed E-state index contributed by atoms with van der Waals surface area (Å²) in [7, 11) is -3.30. The molecule has 1 unspecified atom stereocenters. The number of fused-ring (bicyclic) bond motifs is 1. The summed E-state index contributed by atoms with van der Waals surface area (Å²) in [5.41, 5.74) is 0.662. The molecule has 1 aliphatic rings. The molecule has 1 aromatic carbocycles. The van der Waals surface area contributed by atoms with Gasteiger partial charge in [0, 0.05) is 24.7 Å². The van der Waals surface area contributed by atoms with Crippen LogP contribution < -0.4 is 5.32 Å². The molecule has 2 N–H and O–H groups in total. The van der Waals surface area contributed by atoms with Crippen molar-refractivity contribution in [2.24, 2.45) is 0 Å². The summed E-state index contributed by atoms with van der Waals surface area (Å²) < 4.78 is 23.5. The molecule has 2 heterocycles. The number of hydrogen-bond donors (Lipinski definition) is 2. The number of piperidine rings is 1. The number of β-amino-alcohol motifs (C(OH)–C–C–N with tert-alkyl or cyclic N) is 1. The second kappa shape index (κ2) is 7.63. The SMILES string of the molecule is CS(=O)(=O)c1ccc2ncnc(NCC(O)CN3CCCCC3)c2c1. The lowest BCUT2D eigenvalue weighted by Crippen LogP contribution is -2.39. The fraction of sp³-hybridized carbons (Fsp3) is 0.529. The molecule has 0 saturated carbocycles. The lowest BCUT2D eigenvalue weighted by Gasteiger charge is -2.28. The van der Waals surface area contributed by atoms with Crippen LogP contribution in [0.15, 0.2) is 29.4 Å². The first-order valence-corrected chi connectivity index (χ1v) is 10.4. The second-order valence-electron chi connectivity index (χ2n) is 6.57. The number of sulfone groups is 1. The Hall–Kier alpha value is -1.77. The monoisotopic (exact) mass is 364 g/mol. The Morgan fingerprint density at radius 2 is 2.00 bits per heavy atom. The third-order valence-corrected chi connectivity index (χ3v) is 5.57. The lowest BCUT2D eigenvalue weighted by molar-refractivity contribution is 0.109. The Balaban J connectivity index is 1.72. The maximum atomic E-state index is 11.8. The molecule has 0 amide bonds. The van der Waals surface area contributed by atoms with E-state index in [1.807, 2.05) is 0 Å². The van der Waals surface area contributed by atoms with Gasteiger partial charge >= 0.3 is 0 Å². The van der Waals surface area contributed by atoms with Crippen molar-refractivity contribution in [3.63, 3.8) is 0 Å². The summed E-state index contributed by atoms with van der Waals surface area (Å²) in [5, 5.41) is 14.0. The quantitative estimate of drug-likeness (QED) is 0.797. The first-order valence-electron chi connectivity index (χ1n) is 8.52. The first kappa shape index (κ1) is 18.0. The van der Waals surface area contributed by atoms with E-state index in [0.29, 0.717) is 29.8 Å². The van der Waals surface area contributed by atoms with E-state index >= 15 is 0 Å². The van der Waals surface area contributed by atoms with Gasteiger partial charge in [-0.3, -0.25) is 0 Å². The fourth-order valence-corrected chi connectivity index (χ4v) is 3.77. The van der Waals surface area contributed by atoms with Crippen LogP contribution in [0.25, 0.3) is 10.9 Å². The van der Waals surface area contributed by atoms with Gasteiger partial charge in [0.1, 0.15) is 12.1 Å². The van der Waals surface area contributed by atoms with Gasteiger partial charge in [-0.2, -0.15) is 0 Å². The van der Waals surface area contributed by atoms with Crippen molar-refractivity contribution in [1.29, 1.82) is 0 Å². The Morgan fingerprint density at radius 3 is 2.72 bits per heavy atom. The minimum Gasteiger partial charge on any atom is -0.390 e. The van der Waals surface area contributed by atoms with Crippen LogP contribution in [0.5, 0.6) is 0 Å². The van der Waals surface area contributed by atoms with Gasteiger partial charge in [-0.15, -0.1) is 0 Å². The van der Waals surface area contributed by atoms with Gasteiger partial charge in [-0.25, -0.2) is 18.4 Å². The van der Waals surface area contributed by atoms with E-state index in [4.69, 9.17) is 0 Å². The molecule has 1 fully saturated rings. The summed E-state index contributed by atoms with van der Waals surface area (Å²) in [6.45, 7) is 3.05. The molecule has 25 heavy (non-hydrogen) atoms. The number of aromatic nitrogens is 2. The average molecular weight is 364 g/mol. The Morgan fingerprint density at radius 1 is 1.24 bits per heavy atom. The van der Waals surface area contributed by atoms with Crippen LogP contribution in [0, 0.1) is 0 Å². The van der Waals surface area contributed by atoms with Crippen molar-refractivity contribution in [3.05, 3.63) is 24.5 Å². The van der Waals surface area contributed by atoms with Crippen LogP contribution in [-0.2, 0) is 9.84 Å². The summed E-state index contributed by atoms with van der Waals surface area (Å²) >= 11 is 0. The molecule has 8 heteroatoms. The molecule has 0 aliphatic carbocycles. The molecule has 1 saturated heterocycles. The van der Waals surface area contributed by atoms with Crippen molar-refractivity contribution in [2.45, 2.75) is 30.3 Å². The molecule has 0 radical (unpaired) electrons. The molecule has 0 bridgehead atoms. The minimum atomic E-state index is -3.30. The van der Waals surface area contributed by atoms with E-state index in [-0.39, 0.29) is 4.90 Å². The number of aliphatic hydroxyl groups excluding tert-OH is 1. The van der Waals surface area contributed by atoms with Crippen molar-refractivity contribution < 1.29 is 13.5 Å². The van der Waals surface area contributed by atoms with E-state index in [9.17, 15) is 13.5 Å². The van der Waals surface area contributed by atoms with Crippen molar-refractivity contribution in [3.8, 4) is 0 Å². The average Bonchev–Trinajstić information content (AvgIpc) is 2.59. The number of nitrogens with zero attached hydrogens (tertiary/aromatic N) is 3. The zero-order valence-electron chi connectivity index (χ0n) is 14.4. The van der Waals surface area contributed by atoms with Crippen molar-refractivity contribution >= 4 is 26.6 Å². The summed E-state index contributed by atoms with van der Waals surface area (Å²) in [6, 6.07) is 4.78. The van der Waals surface area contributed by atoms with Gasteiger partial charge in [0.2, 0.25) is 0 Å². The highest BCUT2D eigenvalue weighted by Gasteiger charge is 2.16. The van der Waals surface area contributed by atoms with E-state index in [0.717, 1.165) is 13.1 Å². The van der Waals surface area contributed by atoms with Crippen LogP contribution in [0.1, 0.15) is 19.3 Å². The first-order chi connectivity index (χ1) is 11.9. The fourth-order valence-electron chi connectivity index (χ4n) is 3.13. The summed E-state index contributed by atoms with van der Waals surface area (Å²) in [5.74, 6) is 0.535. The maximum Gasteiger partial charge on any atom is 0.175 e. The van der Waals surface area contributed by atoms with Gasteiger partial charge in [-0.1, -0.05) is 6.42 Å². The molecule has 2 aromatic rings. The Labute approximate surface area is 148 Å². The van der Waals surface area contributed by atoms with E-state index in [2.05, 4.69) is 20.2 Å². The van der Waals surface area contributed by atoms with Gasteiger partial charge in [0.05, 0.1) is 16.5 Å². The Bertz CT molecular complexity index is 835. The molecule has 1 atom stereocenters. The lowest BCUT2D eigenvalue weighted by atomic mass is 10.1. The third-order valence-electron chi connectivity index (χ3n) is 4.46. The summed E-state index contributed by atoms with van der Waals surface area (Å²) in [4.78, 5) is 10.9. The molecule has 0 spiro atoms. The third kappa shape index (κ3) is 4.65. The number of likely N-dealkylation sites (tertiary alicyclic amines) is 1. The minimum absolute atomic E-state index is 0.228. The molecule has 136 valence electrons. The number of rotatable bonds is 6. The van der Waals surface area contributed by atoms with Gasteiger partial charge in [0.25, 0.3) is 0 Å². The largest absolute Gasteiger partial charge is 0.390 e.